The van der Waals surface area contributed by atoms with Crippen LogP contribution in [0.5, 0.6) is 0 Å². The predicted octanol–water partition coefficient (Wildman–Crippen LogP) is 3.80. The summed E-state index contributed by atoms with van der Waals surface area (Å²) < 4.78 is 19.8. The van der Waals surface area contributed by atoms with Gasteiger partial charge in [-0.1, -0.05) is 13.0 Å². The van der Waals surface area contributed by atoms with Gasteiger partial charge in [0, 0.05) is 72.0 Å². The highest BCUT2D eigenvalue weighted by Gasteiger charge is 2.21. The van der Waals surface area contributed by atoms with E-state index in [0.717, 1.165) is 38.4 Å². The smallest absolute Gasteiger partial charge is 0.278 e. The van der Waals surface area contributed by atoms with Gasteiger partial charge in [-0.15, -0.1) is 0 Å². The summed E-state index contributed by atoms with van der Waals surface area (Å²) in [6.45, 7) is 11.3. The van der Waals surface area contributed by atoms with E-state index in [9.17, 15) is 9.00 Å². The van der Waals surface area contributed by atoms with Crippen molar-refractivity contribution in [3.8, 4) is 5.82 Å². The van der Waals surface area contributed by atoms with E-state index in [2.05, 4.69) is 48.5 Å². The minimum atomic E-state index is -2.40. The van der Waals surface area contributed by atoms with Gasteiger partial charge < -0.3 is 15.1 Å². The first-order chi connectivity index (χ1) is 18.6. The number of rotatable bonds is 7. The summed E-state index contributed by atoms with van der Waals surface area (Å²) in [5, 5.41) is 3.65. The molecule has 1 N–H and O–H groups in total. The Morgan fingerprint density at radius 2 is 1.74 bits per heavy atom. The van der Waals surface area contributed by atoms with Gasteiger partial charge in [-0.25, -0.2) is 23.5 Å². The fourth-order valence-corrected chi connectivity index (χ4v) is 5.31. The third-order valence-electron chi connectivity index (χ3n) is 6.67. The third-order valence-corrected chi connectivity index (χ3v) is 7.30. The molecule has 0 spiro atoms. The van der Waals surface area contributed by atoms with Gasteiger partial charge in [-0.3, -0.25) is 4.79 Å². The number of hydrogen-bond donors (Lipinski definition) is 1. The van der Waals surface area contributed by atoms with Crippen LogP contribution in [0.15, 0.2) is 57.8 Å². The molecule has 0 saturated carbocycles. The van der Waals surface area contributed by atoms with Crippen LogP contribution >= 0.6 is 0 Å². The molecule has 4 aromatic rings. The maximum absolute atomic E-state index is 13.3. The standard InChI is InChI=1S/C27H35N9O2S/c1-6-33-14-16-34(17-15-33)21-12-10-20(11-13-21)29-27-28-18-22-25(31-27)36(35(19(2)3)26(22)37)24-9-7-8-23(30-24)32-39(4,5)38/h7-13,18-19H,6,14-17H2,1-5H3,(H,28,29,31). The summed E-state index contributed by atoms with van der Waals surface area (Å²) in [4.78, 5) is 31.9. The van der Waals surface area contributed by atoms with Gasteiger partial charge in [0.1, 0.15) is 5.39 Å². The van der Waals surface area contributed by atoms with Crippen molar-refractivity contribution in [2.24, 2.45) is 4.36 Å². The zero-order chi connectivity index (χ0) is 27.7. The Hall–Kier alpha value is -3.77. The third kappa shape index (κ3) is 5.81. The summed E-state index contributed by atoms with van der Waals surface area (Å²) in [6.07, 6.45) is 4.66. The maximum Gasteiger partial charge on any atom is 0.278 e. The molecule has 0 unspecified atom stereocenters. The van der Waals surface area contributed by atoms with E-state index in [1.165, 1.54) is 5.69 Å². The number of likely N-dealkylation sites (N-methyl/N-ethyl adjacent to an activating group) is 1. The summed E-state index contributed by atoms with van der Waals surface area (Å²) in [5.74, 6) is 1.15. The van der Waals surface area contributed by atoms with Crippen LogP contribution in [-0.4, -0.2) is 78.7 Å². The lowest BCUT2D eigenvalue weighted by molar-refractivity contribution is 0.271. The molecule has 1 saturated heterocycles. The lowest BCUT2D eigenvalue weighted by atomic mass is 10.2. The van der Waals surface area contributed by atoms with Crippen molar-refractivity contribution < 1.29 is 4.21 Å². The van der Waals surface area contributed by atoms with Gasteiger partial charge in [0.15, 0.2) is 17.3 Å². The highest BCUT2D eigenvalue weighted by atomic mass is 32.2. The van der Waals surface area contributed by atoms with E-state index < -0.39 is 9.73 Å². The molecule has 1 aromatic carbocycles. The quantitative estimate of drug-likeness (QED) is 0.370. The number of piperazine rings is 1. The van der Waals surface area contributed by atoms with Gasteiger partial charge in [-0.05, 0) is 56.8 Å². The molecule has 5 rings (SSSR count). The Morgan fingerprint density at radius 3 is 2.38 bits per heavy atom. The van der Waals surface area contributed by atoms with E-state index in [0.29, 0.717) is 28.6 Å². The minimum absolute atomic E-state index is 0.168. The number of fused-ring (bicyclic) bond motifs is 1. The molecule has 206 valence electrons. The number of benzene rings is 1. The fraction of sp³-hybridized carbons (Fsp3) is 0.407. The molecular formula is C27H35N9O2S. The van der Waals surface area contributed by atoms with Crippen LogP contribution in [0, 0.1) is 0 Å². The fourth-order valence-electron chi connectivity index (χ4n) is 4.76. The van der Waals surface area contributed by atoms with Crippen molar-refractivity contribution in [2.75, 3.05) is 55.5 Å². The monoisotopic (exact) mass is 549 g/mol. The number of hydrogen-bond acceptors (Lipinski definition) is 9. The summed E-state index contributed by atoms with van der Waals surface area (Å²) >= 11 is 0. The SMILES string of the molecule is CCN1CCN(c2ccc(Nc3ncc4c(=O)n(C(C)C)n(-c5cccc(N=S(C)(C)=O)n5)c4n3)cc2)CC1. The topological polar surface area (TPSA) is 114 Å². The molecule has 0 aliphatic carbocycles. The van der Waals surface area contributed by atoms with Crippen LogP contribution in [-0.2, 0) is 9.73 Å². The highest BCUT2D eigenvalue weighted by molar-refractivity contribution is 7.92. The summed E-state index contributed by atoms with van der Waals surface area (Å²) in [6, 6.07) is 13.3. The van der Waals surface area contributed by atoms with E-state index in [1.54, 1.807) is 46.3 Å². The molecule has 39 heavy (non-hydrogen) atoms. The van der Waals surface area contributed by atoms with Crippen molar-refractivity contribution >= 4 is 43.9 Å². The molecule has 1 aliphatic rings. The largest absolute Gasteiger partial charge is 0.369 e. The number of aromatic nitrogens is 5. The first-order valence-corrected chi connectivity index (χ1v) is 15.5. The van der Waals surface area contributed by atoms with Crippen molar-refractivity contribution in [3.63, 3.8) is 0 Å². The van der Waals surface area contributed by atoms with Crippen LogP contribution in [0.3, 0.4) is 0 Å². The molecule has 0 radical (unpaired) electrons. The Kier molecular flexibility index (Phi) is 7.41. The van der Waals surface area contributed by atoms with E-state index in [4.69, 9.17) is 4.98 Å². The first kappa shape index (κ1) is 26.8. The van der Waals surface area contributed by atoms with Crippen molar-refractivity contribution in [1.29, 1.82) is 0 Å². The summed E-state index contributed by atoms with van der Waals surface area (Å²) in [7, 11) is -2.40. The zero-order valence-corrected chi connectivity index (χ0v) is 23.9. The van der Waals surface area contributed by atoms with Crippen LogP contribution < -0.4 is 15.8 Å². The molecular weight excluding hydrogens is 514 g/mol. The van der Waals surface area contributed by atoms with Crippen LogP contribution in [0.1, 0.15) is 26.8 Å². The number of nitrogens with zero attached hydrogens (tertiary/aromatic N) is 8. The van der Waals surface area contributed by atoms with Gasteiger partial charge in [-0.2, -0.15) is 9.35 Å². The first-order valence-electron chi connectivity index (χ1n) is 13.1. The Balaban J connectivity index is 1.48. The molecule has 12 heteroatoms. The number of anilines is 3. The number of nitrogens with one attached hydrogen (secondary N) is 1. The van der Waals surface area contributed by atoms with Crippen molar-refractivity contribution in [3.05, 3.63) is 59.0 Å². The molecule has 0 bridgehead atoms. The number of pyridine rings is 1. The predicted molar refractivity (Wildman–Crippen MR) is 157 cm³/mol. The molecule has 11 nitrogen and oxygen atoms in total. The second-order valence-corrected chi connectivity index (χ2v) is 12.8. The summed E-state index contributed by atoms with van der Waals surface area (Å²) in [5.41, 5.74) is 2.25. The van der Waals surface area contributed by atoms with Gasteiger partial charge in [0.05, 0.1) is 0 Å². The van der Waals surface area contributed by atoms with Crippen LogP contribution in [0.2, 0.25) is 0 Å². The molecule has 1 aliphatic heterocycles. The normalized spacial score (nSPS) is 14.8. The lowest BCUT2D eigenvalue weighted by Gasteiger charge is -2.35. The average Bonchev–Trinajstić information content (AvgIpc) is 3.20. The van der Waals surface area contributed by atoms with Gasteiger partial charge >= 0.3 is 0 Å². The van der Waals surface area contributed by atoms with E-state index in [-0.39, 0.29) is 11.6 Å². The van der Waals surface area contributed by atoms with E-state index in [1.807, 2.05) is 26.0 Å². The maximum atomic E-state index is 13.3. The highest BCUT2D eigenvalue weighted by Crippen LogP contribution is 2.24. The molecule has 4 heterocycles. The Morgan fingerprint density at radius 1 is 1.03 bits per heavy atom. The molecule has 0 amide bonds. The van der Waals surface area contributed by atoms with Gasteiger partial charge in [0.25, 0.3) is 5.56 Å². The average molecular weight is 550 g/mol. The zero-order valence-electron chi connectivity index (χ0n) is 23.0. The Labute approximate surface area is 228 Å². The van der Waals surface area contributed by atoms with Crippen LogP contribution in [0.4, 0.5) is 23.1 Å². The van der Waals surface area contributed by atoms with Gasteiger partial charge in [0.2, 0.25) is 5.95 Å². The van der Waals surface area contributed by atoms with Crippen molar-refractivity contribution in [1.82, 2.24) is 29.2 Å². The minimum Gasteiger partial charge on any atom is -0.369 e. The molecule has 0 atom stereocenters. The molecule has 3 aromatic heterocycles. The van der Waals surface area contributed by atoms with E-state index >= 15 is 0 Å². The van der Waals surface area contributed by atoms with Crippen LogP contribution in [0.25, 0.3) is 16.9 Å². The lowest BCUT2D eigenvalue weighted by Crippen LogP contribution is -2.46. The second-order valence-electron chi connectivity index (χ2n) is 10.2. The Bertz CT molecular complexity index is 1650. The van der Waals surface area contributed by atoms with Crippen molar-refractivity contribution in [2.45, 2.75) is 26.8 Å². The molecule has 1 fully saturated rings. The second kappa shape index (κ2) is 10.8.